The number of anilines is 1. The fourth-order valence-corrected chi connectivity index (χ4v) is 6.71. The molecule has 0 radical (unpaired) electrons. The Balaban J connectivity index is 1.74. The largest absolute Gasteiger partial charge is 0.462 e. The number of rotatable bonds is 4. The standard InChI is InChI=1S/C20H18ClNO6S2/c1-3-27-20(24)16-12-6-7-30(25,26)9-15(12)29-19(16)22-18(23)17-10(2)13-8-11(21)4-5-14(13)28-17/h4-5,8H,3,6-7,9H2,1-2H3,(H,22,23). The van der Waals surface area contributed by atoms with Crippen molar-refractivity contribution in [2.45, 2.75) is 26.0 Å². The first-order chi connectivity index (χ1) is 14.2. The van der Waals surface area contributed by atoms with Crippen LogP contribution in [-0.4, -0.2) is 32.7 Å². The van der Waals surface area contributed by atoms with Crippen molar-refractivity contribution < 1.29 is 27.2 Å². The molecule has 0 unspecified atom stereocenters. The van der Waals surface area contributed by atoms with Gasteiger partial charge in [-0.2, -0.15) is 0 Å². The molecule has 0 saturated heterocycles. The molecule has 0 atom stereocenters. The van der Waals surface area contributed by atoms with E-state index in [1.807, 2.05) is 0 Å². The van der Waals surface area contributed by atoms with E-state index in [2.05, 4.69) is 5.32 Å². The van der Waals surface area contributed by atoms with E-state index in [4.69, 9.17) is 20.8 Å². The SMILES string of the molecule is CCOC(=O)c1c(NC(=O)c2oc3ccc(Cl)cc3c2C)sc2c1CCS(=O)(=O)C2. The summed E-state index contributed by atoms with van der Waals surface area (Å²) in [6.45, 7) is 3.59. The van der Waals surface area contributed by atoms with Crippen LogP contribution >= 0.6 is 22.9 Å². The quantitative estimate of drug-likeness (QED) is 0.572. The number of sulfone groups is 1. The molecule has 0 fully saturated rings. The van der Waals surface area contributed by atoms with Gasteiger partial charge < -0.3 is 14.5 Å². The van der Waals surface area contributed by atoms with Crippen molar-refractivity contribution >= 4 is 60.6 Å². The number of nitrogens with one attached hydrogen (secondary N) is 1. The molecule has 0 aliphatic carbocycles. The number of aryl methyl sites for hydroxylation is 1. The molecule has 1 amide bonds. The van der Waals surface area contributed by atoms with Gasteiger partial charge in [0, 0.05) is 20.8 Å². The topological polar surface area (TPSA) is 103 Å². The Morgan fingerprint density at radius 1 is 1.33 bits per heavy atom. The van der Waals surface area contributed by atoms with Gasteiger partial charge >= 0.3 is 5.97 Å². The van der Waals surface area contributed by atoms with Crippen LogP contribution in [0.4, 0.5) is 5.00 Å². The van der Waals surface area contributed by atoms with Crippen LogP contribution in [0.3, 0.4) is 0 Å². The molecule has 0 bridgehead atoms. The van der Waals surface area contributed by atoms with Gasteiger partial charge in [0.2, 0.25) is 0 Å². The highest BCUT2D eigenvalue weighted by molar-refractivity contribution is 7.90. The lowest BCUT2D eigenvalue weighted by Gasteiger charge is -2.13. The molecule has 2 aromatic heterocycles. The number of carbonyl (C=O) groups is 2. The van der Waals surface area contributed by atoms with Crippen LogP contribution in [0.2, 0.25) is 5.02 Å². The fraction of sp³-hybridized carbons (Fsp3) is 0.300. The zero-order valence-corrected chi connectivity index (χ0v) is 18.6. The van der Waals surface area contributed by atoms with Crippen molar-refractivity contribution in [3.8, 4) is 0 Å². The van der Waals surface area contributed by atoms with E-state index < -0.39 is 21.7 Å². The lowest BCUT2D eigenvalue weighted by molar-refractivity contribution is 0.0527. The number of esters is 1. The third-order valence-electron chi connectivity index (χ3n) is 4.92. The molecule has 0 spiro atoms. The number of thiophene rings is 1. The van der Waals surface area contributed by atoms with Crippen LogP contribution in [-0.2, 0) is 26.7 Å². The molecule has 7 nitrogen and oxygen atoms in total. The van der Waals surface area contributed by atoms with E-state index in [1.54, 1.807) is 32.0 Å². The van der Waals surface area contributed by atoms with Crippen molar-refractivity contribution in [2.75, 3.05) is 17.7 Å². The number of carbonyl (C=O) groups excluding carboxylic acids is 2. The maximum absolute atomic E-state index is 13.0. The lowest BCUT2D eigenvalue weighted by atomic mass is 10.1. The number of furan rings is 1. The van der Waals surface area contributed by atoms with Gasteiger partial charge in [0.05, 0.1) is 23.7 Å². The number of benzene rings is 1. The Kier molecular flexibility index (Phi) is 5.37. The predicted octanol–water partition coefficient (Wildman–Crippen LogP) is 4.36. The summed E-state index contributed by atoms with van der Waals surface area (Å²) in [7, 11) is -3.23. The summed E-state index contributed by atoms with van der Waals surface area (Å²) in [5, 5.41) is 4.23. The number of fused-ring (bicyclic) bond motifs is 2. The lowest BCUT2D eigenvalue weighted by Crippen LogP contribution is -2.20. The van der Waals surface area contributed by atoms with Crippen molar-refractivity contribution in [1.82, 2.24) is 0 Å². The zero-order chi connectivity index (χ0) is 21.6. The molecule has 1 aliphatic heterocycles. The van der Waals surface area contributed by atoms with Gasteiger partial charge in [-0.25, -0.2) is 13.2 Å². The zero-order valence-electron chi connectivity index (χ0n) is 16.2. The van der Waals surface area contributed by atoms with Crippen molar-refractivity contribution in [1.29, 1.82) is 0 Å². The minimum atomic E-state index is -3.23. The third kappa shape index (κ3) is 3.73. The Morgan fingerprint density at radius 2 is 2.10 bits per heavy atom. The van der Waals surface area contributed by atoms with E-state index in [0.717, 1.165) is 16.7 Å². The summed E-state index contributed by atoms with van der Waals surface area (Å²) in [4.78, 5) is 26.1. The normalized spacial score (nSPS) is 15.0. The average molecular weight is 468 g/mol. The number of amides is 1. The molecule has 3 heterocycles. The molecule has 30 heavy (non-hydrogen) atoms. The molecule has 4 rings (SSSR count). The van der Waals surface area contributed by atoms with Crippen molar-refractivity contribution in [3.05, 3.63) is 50.5 Å². The molecular weight excluding hydrogens is 450 g/mol. The van der Waals surface area contributed by atoms with E-state index in [0.29, 0.717) is 26.6 Å². The van der Waals surface area contributed by atoms with E-state index in [1.165, 1.54) is 0 Å². The predicted molar refractivity (Wildman–Crippen MR) is 115 cm³/mol. The summed E-state index contributed by atoms with van der Waals surface area (Å²) in [6, 6.07) is 5.06. The van der Waals surface area contributed by atoms with Crippen molar-refractivity contribution in [2.24, 2.45) is 0 Å². The Bertz CT molecular complexity index is 1290. The minimum absolute atomic E-state index is 0.0417. The van der Waals surface area contributed by atoms with Gasteiger partial charge in [-0.1, -0.05) is 11.6 Å². The number of hydrogen-bond donors (Lipinski definition) is 1. The molecule has 10 heteroatoms. The molecule has 158 valence electrons. The van der Waals surface area contributed by atoms with Gasteiger partial charge in [0.15, 0.2) is 15.6 Å². The summed E-state index contributed by atoms with van der Waals surface area (Å²) < 4.78 is 34.9. The van der Waals surface area contributed by atoms with Gasteiger partial charge in [-0.05, 0) is 44.0 Å². The molecule has 1 aliphatic rings. The highest BCUT2D eigenvalue weighted by Crippen LogP contribution is 2.39. The molecule has 1 aromatic carbocycles. The van der Waals surface area contributed by atoms with Crippen LogP contribution in [0.25, 0.3) is 11.0 Å². The van der Waals surface area contributed by atoms with E-state index in [9.17, 15) is 18.0 Å². The van der Waals surface area contributed by atoms with Crippen LogP contribution in [0.1, 0.15) is 43.8 Å². The number of halogens is 1. The van der Waals surface area contributed by atoms with Crippen molar-refractivity contribution in [3.63, 3.8) is 0 Å². The Morgan fingerprint density at radius 3 is 2.83 bits per heavy atom. The first-order valence-electron chi connectivity index (χ1n) is 9.22. The number of hydrogen-bond acceptors (Lipinski definition) is 7. The second kappa shape index (κ2) is 7.72. The molecule has 1 N–H and O–H groups in total. The summed E-state index contributed by atoms with van der Waals surface area (Å²) >= 11 is 7.12. The van der Waals surface area contributed by atoms with Crippen LogP contribution < -0.4 is 5.32 Å². The second-order valence-electron chi connectivity index (χ2n) is 6.92. The maximum Gasteiger partial charge on any atom is 0.341 e. The smallest absolute Gasteiger partial charge is 0.341 e. The van der Waals surface area contributed by atoms with E-state index >= 15 is 0 Å². The van der Waals surface area contributed by atoms with Crippen LogP contribution in [0.15, 0.2) is 22.6 Å². The monoisotopic (exact) mass is 467 g/mol. The first-order valence-corrected chi connectivity index (χ1v) is 12.2. The molecule has 0 saturated carbocycles. The van der Waals surface area contributed by atoms with Gasteiger partial charge in [-0.15, -0.1) is 11.3 Å². The maximum atomic E-state index is 13.0. The number of ether oxygens (including phenoxy) is 1. The second-order valence-corrected chi connectivity index (χ2v) is 10.6. The minimum Gasteiger partial charge on any atom is -0.462 e. The van der Waals surface area contributed by atoms with E-state index in [-0.39, 0.29) is 40.9 Å². The van der Waals surface area contributed by atoms with Crippen LogP contribution in [0.5, 0.6) is 0 Å². The Hall–Kier alpha value is -2.36. The Labute approximate surface area is 181 Å². The van der Waals surface area contributed by atoms with Gasteiger partial charge in [-0.3, -0.25) is 4.79 Å². The van der Waals surface area contributed by atoms with Gasteiger partial charge in [0.1, 0.15) is 10.6 Å². The van der Waals surface area contributed by atoms with Gasteiger partial charge in [0.25, 0.3) is 5.91 Å². The molecule has 3 aromatic rings. The highest BCUT2D eigenvalue weighted by atomic mass is 35.5. The fourth-order valence-electron chi connectivity index (χ4n) is 3.50. The summed E-state index contributed by atoms with van der Waals surface area (Å²) in [6.07, 6.45) is 0.209. The third-order valence-corrected chi connectivity index (χ3v) is 8.04. The molecular formula is C20H18ClNO6S2. The summed E-state index contributed by atoms with van der Waals surface area (Å²) in [5.41, 5.74) is 1.98. The van der Waals surface area contributed by atoms with Crippen LogP contribution in [0, 0.1) is 6.92 Å². The first kappa shape index (κ1) is 20.9. The summed E-state index contributed by atoms with van der Waals surface area (Å²) in [5.74, 6) is -1.22. The average Bonchev–Trinajstić information content (AvgIpc) is 3.18. The highest BCUT2D eigenvalue weighted by Gasteiger charge is 2.32.